The fourth-order valence-electron chi connectivity index (χ4n) is 4.78. The highest BCUT2D eigenvalue weighted by molar-refractivity contribution is 5.81. The molecule has 2 aliphatic carbocycles. The van der Waals surface area contributed by atoms with Crippen LogP contribution in [-0.4, -0.2) is 5.78 Å². The van der Waals surface area contributed by atoms with Gasteiger partial charge in [-0.25, -0.2) is 0 Å². The van der Waals surface area contributed by atoms with Crippen LogP contribution in [0, 0.1) is 23.7 Å². The first-order chi connectivity index (χ1) is 10.2. The van der Waals surface area contributed by atoms with Crippen LogP contribution >= 0.6 is 0 Å². The van der Waals surface area contributed by atoms with Crippen molar-refractivity contribution in [2.24, 2.45) is 23.7 Å². The van der Waals surface area contributed by atoms with Gasteiger partial charge in [0.2, 0.25) is 0 Å². The average Bonchev–Trinajstić information content (AvgIpc) is 2.52. The Morgan fingerprint density at radius 1 is 0.857 bits per heavy atom. The van der Waals surface area contributed by atoms with Crippen LogP contribution in [0.3, 0.4) is 0 Å². The summed E-state index contributed by atoms with van der Waals surface area (Å²) in [6.45, 7) is 4.48. The maximum atomic E-state index is 12.3. The third kappa shape index (κ3) is 5.11. The zero-order chi connectivity index (χ0) is 15.1. The van der Waals surface area contributed by atoms with Gasteiger partial charge in [0.15, 0.2) is 0 Å². The van der Waals surface area contributed by atoms with Crippen LogP contribution in [0.1, 0.15) is 97.3 Å². The van der Waals surface area contributed by atoms with Gasteiger partial charge in [-0.1, -0.05) is 52.4 Å². The summed E-state index contributed by atoms with van der Waals surface area (Å²) >= 11 is 0. The summed E-state index contributed by atoms with van der Waals surface area (Å²) in [5, 5.41) is 0. The van der Waals surface area contributed by atoms with Crippen molar-refractivity contribution in [1.29, 1.82) is 0 Å². The number of Topliss-reactive ketones (excluding diaryl/α,β-unsaturated/α-hetero) is 1. The van der Waals surface area contributed by atoms with Gasteiger partial charge in [-0.2, -0.15) is 0 Å². The van der Waals surface area contributed by atoms with Gasteiger partial charge in [0.1, 0.15) is 5.78 Å². The number of carbonyl (C=O) groups is 1. The lowest BCUT2D eigenvalue weighted by Crippen LogP contribution is -2.33. The molecule has 2 saturated carbocycles. The highest BCUT2D eigenvalue weighted by Crippen LogP contribution is 2.46. The lowest BCUT2D eigenvalue weighted by atomic mass is 9.63. The Bertz CT molecular complexity index is 309. The molecule has 0 aromatic heterocycles. The largest absolute Gasteiger partial charge is 0.299 e. The summed E-state index contributed by atoms with van der Waals surface area (Å²) in [4.78, 5) is 12.3. The van der Waals surface area contributed by atoms with E-state index in [-0.39, 0.29) is 0 Å². The lowest BCUT2D eigenvalue weighted by Gasteiger charge is -2.42. The van der Waals surface area contributed by atoms with Crippen molar-refractivity contribution in [2.75, 3.05) is 0 Å². The molecule has 1 nitrogen and oxygen atoms in total. The van der Waals surface area contributed by atoms with Crippen molar-refractivity contribution in [1.82, 2.24) is 0 Å². The number of rotatable bonds is 8. The molecular weight excluding hydrogens is 256 g/mol. The Hall–Kier alpha value is -0.330. The molecule has 0 N–H and O–H groups in total. The molecule has 122 valence electrons. The Labute approximate surface area is 132 Å². The van der Waals surface area contributed by atoms with E-state index in [1.165, 1.54) is 64.2 Å². The maximum absolute atomic E-state index is 12.3. The molecule has 0 bridgehead atoms. The molecule has 2 fully saturated rings. The SMILES string of the molecule is CCCCCC1CCC2CC(C(=O)CCCC)CCC2C1. The second-order valence-corrected chi connectivity index (χ2v) is 7.77. The highest BCUT2D eigenvalue weighted by atomic mass is 16.1. The van der Waals surface area contributed by atoms with Gasteiger partial charge in [-0.05, 0) is 56.3 Å². The Morgan fingerprint density at radius 2 is 1.57 bits per heavy atom. The Morgan fingerprint density at radius 3 is 2.33 bits per heavy atom. The number of carbonyl (C=O) groups excluding carboxylic acids is 1. The van der Waals surface area contributed by atoms with Crippen LogP contribution in [0.4, 0.5) is 0 Å². The summed E-state index contributed by atoms with van der Waals surface area (Å²) in [6, 6.07) is 0. The summed E-state index contributed by atoms with van der Waals surface area (Å²) in [6.07, 6.45) is 16.9. The third-order valence-corrected chi connectivity index (χ3v) is 6.17. The van der Waals surface area contributed by atoms with Crippen molar-refractivity contribution in [3.8, 4) is 0 Å². The molecule has 1 heteroatoms. The molecule has 0 amide bonds. The van der Waals surface area contributed by atoms with E-state index in [0.29, 0.717) is 11.7 Å². The van der Waals surface area contributed by atoms with Crippen LogP contribution < -0.4 is 0 Å². The first kappa shape index (κ1) is 17.0. The van der Waals surface area contributed by atoms with E-state index in [9.17, 15) is 4.79 Å². The summed E-state index contributed by atoms with van der Waals surface area (Å²) in [5.41, 5.74) is 0. The molecule has 21 heavy (non-hydrogen) atoms. The van der Waals surface area contributed by atoms with E-state index in [4.69, 9.17) is 0 Å². The van der Waals surface area contributed by atoms with Crippen molar-refractivity contribution in [2.45, 2.75) is 97.3 Å². The summed E-state index contributed by atoms with van der Waals surface area (Å²) in [5.74, 6) is 3.86. The number of ketones is 1. The molecule has 4 atom stereocenters. The van der Waals surface area contributed by atoms with Crippen LogP contribution in [-0.2, 0) is 4.79 Å². The maximum Gasteiger partial charge on any atom is 0.135 e. The Kier molecular flexibility index (Phi) is 7.26. The van der Waals surface area contributed by atoms with E-state index in [1.807, 2.05) is 0 Å². The highest BCUT2D eigenvalue weighted by Gasteiger charge is 2.37. The van der Waals surface area contributed by atoms with E-state index in [0.717, 1.165) is 37.0 Å². The average molecular weight is 293 g/mol. The molecule has 0 heterocycles. The van der Waals surface area contributed by atoms with Crippen molar-refractivity contribution < 1.29 is 4.79 Å². The summed E-state index contributed by atoms with van der Waals surface area (Å²) in [7, 11) is 0. The fraction of sp³-hybridized carbons (Fsp3) is 0.950. The first-order valence-corrected chi connectivity index (χ1v) is 9.77. The van der Waals surface area contributed by atoms with Gasteiger partial charge in [0.25, 0.3) is 0 Å². The second-order valence-electron chi connectivity index (χ2n) is 7.77. The fourth-order valence-corrected chi connectivity index (χ4v) is 4.78. The standard InChI is InChI=1S/C20H36O/c1-3-5-7-8-16-10-11-18-15-19(13-12-17(18)14-16)20(21)9-6-4-2/h16-19H,3-15H2,1-2H3. The second kappa shape index (κ2) is 8.96. The van der Waals surface area contributed by atoms with Gasteiger partial charge in [0, 0.05) is 12.3 Å². The van der Waals surface area contributed by atoms with Gasteiger partial charge in [0.05, 0.1) is 0 Å². The zero-order valence-electron chi connectivity index (χ0n) is 14.4. The van der Waals surface area contributed by atoms with E-state index < -0.39 is 0 Å². The molecule has 4 unspecified atom stereocenters. The van der Waals surface area contributed by atoms with Gasteiger partial charge in [-0.15, -0.1) is 0 Å². The molecule has 0 spiro atoms. The van der Waals surface area contributed by atoms with Crippen LogP contribution in [0.15, 0.2) is 0 Å². The van der Waals surface area contributed by atoms with Crippen molar-refractivity contribution >= 4 is 5.78 Å². The van der Waals surface area contributed by atoms with Gasteiger partial charge < -0.3 is 0 Å². The van der Waals surface area contributed by atoms with Gasteiger partial charge in [-0.3, -0.25) is 4.79 Å². The zero-order valence-corrected chi connectivity index (χ0v) is 14.4. The Balaban J connectivity index is 1.73. The minimum atomic E-state index is 0.425. The van der Waals surface area contributed by atoms with Crippen molar-refractivity contribution in [3.05, 3.63) is 0 Å². The lowest BCUT2D eigenvalue weighted by molar-refractivity contribution is -0.125. The van der Waals surface area contributed by atoms with E-state index in [2.05, 4.69) is 13.8 Å². The molecule has 0 aromatic carbocycles. The van der Waals surface area contributed by atoms with Crippen LogP contribution in [0.5, 0.6) is 0 Å². The smallest absolute Gasteiger partial charge is 0.135 e. The van der Waals surface area contributed by atoms with Crippen LogP contribution in [0.25, 0.3) is 0 Å². The van der Waals surface area contributed by atoms with Gasteiger partial charge >= 0.3 is 0 Å². The quantitative estimate of drug-likeness (QED) is 0.490. The monoisotopic (exact) mass is 292 g/mol. The normalized spacial score (nSPS) is 32.7. The predicted molar refractivity (Wildman–Crippen MR) is 90.3 cm³/mol. The topological polar surface area (TPSA) is 17.1 Å². The predicted octanol–water partition coefficient (Wildman–Crippen LogP) is 6.16. The number of hydrogen-bond donors (Lipinski definition) is 0. The molecular formula is C20H36O. The number of unbranched alkanes of at least 4 members (excludes halogenated alkanes) is 3. The van der Waals surface area contributed by atoms with E-state index in [1.54, 1.807) is 0 Å². The van der Waals surface area contributed by atoms with E-state index >= 15 is 0 Å². The summed E-state index contributed by atoms with van der Waals surface area (Å²) < 4.78 is 0. The third-order valence-electron chi connectivity index (χ3n) is 6.17. The minimum absolute atomic E-state index is 0.425. The molecule has 2 aliphatic rings. The molecule has 0 radical (unpaired) electrons. The minimum Gasteiger partial charge on any atom is -0.299 e. The number of fused-ring (bicyclic) bond motifs is 1. The molecule has 0 aliphatic heterocycles. The molecule has 0 saturated heterocycles. The van der Waals surface area contributed by atoms with Crippen LogP contribution in [0.2, 0.25) is 0 Å². The first-order valence-electron chi connectivity index (χ1n) is 9.77. The molecule has 2 rings (SSSR count). The van der Waals surface area contributed by atoms with Crippen molar-refractivity contribution in [3.63, 3.8) is 0 Å². The number of hydrogen-bond acceptors (Lipinski definition) is 1. The molecule has 0 aromatic rings.